The van der Waals surface area contributed by atoms with Gasteiger partial charge in [-0.15, -0.1) is 0 Å². The van der Waals surface area contributed by atoms with Crippen molar-refractivity contribution in [3.63, 3.8) is 0 Å². The van der Waals surface area contributed by atoms with Gasteiger partial charge in [0.2, 0.25) is 0 Å². The highest BCUT2D eigenvalue weighted by Crippen LogP contribution is 2.14. The summed E-state index contributed by atoms with van der Waals surface area (Å²) in [5.74, 6) is 0. The van der Waals surface area contributed by atoms with E-state index in [2.05, 4.69) is 67.4 Å². The quantitative estimate of drug-likeness (QED) is 0.794. The first-order valence-corrected chi connectivity index (χ1v) is 6.60. The van der Waals surface area contributed by atoms with Crippen molar-refractivity contribution in [2.24, 2.45) is 0 Å². The van der Waals surface area contributed by atoms with E-state index in [0.717, 1.165) is 19.6 Å². The SMILES string of the molecule is CNC(CN(C)CCN(C)C)c1ccc(C)cc1. The molecule has 0 amide bonds. The number of likely N-dealkylation sites (N-methyl/N-ethyl adjacent to an activating group) is 3. The van der Waals surface area contributed by atoms with Gasteiger partial charge >= 0.3 is 0 Å². The van der Waals surface area contributed by atoms with Crippen molar-refractivity contribution in [2.45, 2.75) is 13.0 Å². The molecule has 1 rings (SSSR count). The lowest BCUT2D eigenvalue weighted by Crippen LogP contribution is -2.35. The van der Waals surface area contributed by atoms with Crippen LogP contribution in [0.5, 0.6) is 0 Å². The second-order valence-electron chi connectivity index (χ2n) is 5.32. The van der Waals surface area contributed by atoms with Crippen LogP contribution in [0.15, 0.2) is 24.3 Å². The van der Waals surface area contributed by atoms with Crippen LogP contribution < -0.4 is 5.32 Å². The van der Waals surface area contributed by atoms with E-state index in [1.807, 2.05) is 7.05 Å². The molecule has 3 nitrogen and oxygen atoms in total. The summed E-state index contributed by atoms with van der Waals surface area (Å²) < 4.78 is 0. The predicted octanol–water partition coefficient (Wildman–Crippen LogP) is 1.75. The molecule has 102 valence electrons. The van der Waals surface area contributed by atoms with Crippen molar-refractivity contribution < 1.29 is 0 Å². The standard InChI is InChI=1S/C15H27N3/c1-13-6-8-14(9-7-13)15(16-2)12-18(5)11-10-17(3)4/h6-9,15-16H,10-12H2,1-5H3. The zero-order valence-electron chi connectivity index (χ0n) is 12.4. The maximum atomic E-state index is 3.40. The van der Waals surface area contributed by atoms with Gasteiger partial charge in [0.15, 0.2) is 0 Å². The summed E-state index contributed by atoms with van der Waals surface area (Å²) in [5.41, 5.74) is 2.68. The van der Waals surface area contributed by atoms with Crippen LogP contribution in [0.2, 0.25) is 0 Å². The Labute approximate surface area is 112 Å². The van der Waals surface area contributed by atoms with E-state index in [1.165, 1.54) is 11.1 Å². The highest BCUT2D eigenvalue weighted by atomic mass is 15.2. The summed E-state index contributed by atoms with van der Waals surface area (Å²) in [6.07, 6.45) is 0. The second-order valence-corrected chi connectivity index (χ2v) is 5.32. The molecule has 1 N–H and O–H groups in total. The molecule has 0 aliphatic heterocycles. The molecule has 0 aliphatic rings. The lowest BCUT2D eigenvalue weighted by molar-refractivity contribution is 0.260. The Morgan fingerprint density at radius 3 is 2.17 bits per heavy atom. The van der Waals surface area contributed by atoms with Gasteiger partial charge in [0.05, 0.1) is 0 Å². The first-order valence-electron chi connectivity index (χ1n) is 6.60. The van der Waals surface area contributed by atoms with Crippen molar-refractivity contribution in [3.8, 4) is 0 Å². The van der Waals surface area contributed by atoms with Crippen molar-refractivity contribution in [3.05, 3.63) is 35.4 Å². The van der Waals surface area contributed by atoms with E-state index in [1.54, 1.807) is 0 Å². The molecule has 0 saturated carbocycles. The molecule has 1 aromatic carbocycles. The number of hydrogen-bond acceptors (Lipinski definition) is 3. The fraction of sp³-hybridized carbons (Fsp3) is 0.600. The van der Waals surface area contributed by atoms with E-state index in [4.69, 9.17) is 0 Å². The monoisotopic (exact) mass is 249 g/mol. The minimum Gasteiger partial charge on any atom is -0.312 e. The largest absolute Gasteiger partial charge is 0.312 e. The van der Waals surface area contributed by atoms with Crippen LogP contribution in [-0.4, -0.2) is 57.6 Å². The molecule has 0 aliphatic carbocycles. The van der Waals surface area contributed by atoms with Crippen LogP contribution in [0.1, 0.15) is 17.2 Å². The molecule has 1 atom stereocenters. The normalized spacial score (nSPS) is 13.3. The van der Waals surface area contributed by atoms with Gasteiger partial charge in [-0.3, -0.25) is 0 Å². The molecule has 0 spiro atoms. The van der Waals surface area contributed by atoms with Crippen molar-refractivity contribution in [1.82, 2.24) is 15.1 Å². The minimum absolute atomic E-state index is 0.401. The smallest absolute Gasteiger partial charge is 0.0446 e. The van der Waals surface area contributed by atoms with Crippen LogP contribution in [0.25, 0.3) is 0 Å². The molecule has 1 unspecified atom stereocenters. The molecule has 0 bridgehead atoms. The zero-order valence-corrected chi connectivity index (χ0v) is 12.4. The second kappa shape index (κ2) is 7.52. The topological polar surface area (TPSA) is 18.5 Å². The highest BCUT2D eigenvalue weighted by Gasteiger charge is 2.11. The lowest BCUT2D eigenvalue weighted by Gasteiger charge is -2.25. The van der Waals surface area contributed by atoms with E-state index < -0.39 is 0 Å². The summed E-state index contributed by atoms with van der Waals surface area (Å²) in [7, 11) is 8.44. The van der Waals surface area contributed by atoms with Gasteiger partial charge < -0.3 is 15.1 Å². The number of hydrogen-bond donors (Lipinski definition) is 1. The molecule has 0 saturated heterocycles. The zero-order chi connectivity index (χ0) is 13.5. The summed E-state index contributed by atoms with van der Waals surface area (Å²) in [4.78, 5) is 4.60. The molecular formula is C15H27N3. The van der Waals surface area contributed by atoms with E-state index in [0.29, 0.717) is 6.04 Å². The average Bonchev–Trinajstić information content (AvgIpc) is 2.34. The fourth-order valence-electron chi connectivity index (χ4n) is 1.94. The number of nitrogens with zero attached hydrogens (tertiary/aromatic N) is 2. The Bertz CT molecular complexity index is 332. The third-order valence-electron chi connectivity index (χ3n) is 3.25. The molecule has 3 heteroatoms. The number of rotatable bonds is 7. The molecule has 18 heavy (non-hydrogen) atoms. The van der Waals surface area contributed by atoms with Gasteiger partial charge in [0.1, 0.15) is 0 Å². The number of nitrogens with one attached hydrogen (secondary N) is 1. The molecule has 0 aromatic heterocycles. The van der Waals surface area contributed by atoms with E-state index in [-0.39, 0.29) is 0 Å². The Morgan fingerprint density at radius 2 is 1.67 bits per heavy atom. The van der Waals surface area contributed by atoms with Crippen LogP contribution in [0.3, 0.4) is 0 Å². The summed E-state index contributed by atoms with van der Waals surface area (Å²) in [6, 6.07) is 9.20. The molecule has 0 radical (unpaired) electrons. The average molecular weight is 249 g/mol. The summed E-state index contributed by atoms with van der Waals surface area (Å²) >= 11 is 0. The molecular weight excluding hydrogens is 222 g/mol. The molecule has 0 heterocycles. The Kier molecular flexibility index (Phi) is 6.33. The van der Waals surface area contributed by atoms with Crippen molar-refractivity contribution in [2.75, 3.05) is 47.8 Å². The maximum absolute atomic E-state index is 3.40. The third kappa shape index (κ3) is 5.17. The highest BCUT2D eigenvalue weighted by molar-refractivity contribution is 5.24. The first-order chi connectivity index (χ1) is 8.52. The Morgan fingerprint density at radius 1 is 1.06 bits per heavy atom. The van der Waals surface area contributed by atoms with Gasteiger partial charge in [-0.25, -0.2) is 0 Å². The van der Waals surface area contributed by atoms with Crippen LogP contribution in [0.4, 0.5) is 0 Å². The number of aryl methyl sites for hydroxylation is 1. The van der Waals surface area contributed by atoms with E-state index >= 15 is 0 Å². The van der Waals surface area contributed by atoms with Gasteiger partial charge in [-0.05, 0) is 40.7 Å². The Hall–Kier alpha value is -0.900. The van der Waals surface area contributed by atoms with Crippen LogP contribution >= 0.6 is 0 Å². The van der Waals surface area contributed by atoms with Crippen LogP contribution in [-0.2, 0) is 0 Å². The fourth-order valence-corrected chi connectivity index (χ4v) is 1.94. The summed E-state index contributed by atoms with van der Waals surface area (Å²) in [5, 5.41) is 3.40. The molecule has 1 aromatic rings. The predicted molar refractivity (Wildman–Crippen MR) is 79.0 cm³/mol. The van der Waals surface area contributed by atoms with Gasteiger partial charge in [-0.1, -0.05) is 29.8 Å². The minimum atomic E-state index is 0.401. The van der Waals surface area contributed by atoms with Gasteiger partial charge in [-0.2, -0.15) is 0 Å². The third-order valence-corrected chi connectivity index (χ3v) is 3.25. The van der Waals surface area contributed by atoms with Gasteiger partial charge in [0, 0.05) is 25.7 Å². The van der Waals surface area contributed by atoms with Crippen molar-refractivity contribution >= 4 is 0 Å². The molecule has 0 fully saturated rings. The lowest BCUT2D eigenvalue weighted by atomic mass is 10.0. The first kappa shape index (κ1) is 15.2. The number of benzene rings is 1. The Balaban J connectivity index is 2.53. The van der Waals surface area contributed by atoms with Gasteiger partial charge in [0.25, 0.3) is 0 Å². The summed E-state index contributed by atoms with van der Waals surface area (Å²) in [6.45, 7) is 5.35. The van der Waals surface area contributed by atoms with E-state index in [9.17, 15) is 0 Å². The van der Waals surface area contributed by atoms with Crippen LogP contribution in [0, 0.1) is 6.92 Å². The maximum Gasteiger partial charge on any atom is 0.0446 e. The van der Waals surface area contributed by atoms with Crippen molar-refractivity contribution in [1.29, 1.82) is 0 Å².